The van der Waals surface area contributed by atoms with Crippen LogP contribution in [-0.4, -0.2) is 50.8 Å². The summed E-state index contributed by atoms with van der Waals surface area (Å²) < 4.78 is 38.6. The fourth-order valence-corrected chi connectivity index (χ4v) is 2.82. The van der Waals surface area contributed by atoms with Gasteiger partial charge in [-0.15, -0.1) is 0 Å². The third kappa shape index (κ3) is 3.83. The molecule has 2 heterocycles. The van der Waals surface area contributed by atoms with Crippen LogP contribution < -0.4 is 15.1 Å². The highest BCUT2D eigenvalue weighted by Crippen LogP contribution is 2.32. The molecule has 1 aromatic rings. The number of carbonyl (C=O) groups is 3. The minimum Gasteiger partial charge on any atom is -0.453 e. The summed E-state index contributed by atoms with van der Waals surface area (Å²) in [5, 5.41) is 2.37. The van der Waals surface area contributed by atoms with Gasteiger partial charge in [-0.3, -0.25) is 9.69 Å². The number of halogens is 2. The molecule has 0 spiro atoms. The van der Waals surface area contributed by atoms with Crippen LogP contribution in [-0.2, 0) is 14.3 Å². The molecular weight excluding hydrogens is 364 g/mol. The Morgan fingerprint density at radius 3 is 2.67 bits per heavy atom. The van der Waals surface area contributed by atoms with Crippen LogP contribution in [0.1, 0.15) is 6.42 Å². The molecule has 10 heteroatoms. The van der Waals surface area contributed by atoms with E-state index in [0.717, 1.165) is 4.90 Å². The molecule has 0 radical (unpaired) electrons. The minimum atomic E-state index is -1.20. The van der Waals surface area contributed by atoms with Gasteiger partial charge < -0.3 is 19.7 Å². The van der Waals surface area contributed by atoms with E-state index in [-0.39, 0.29) is 43.2 Å². The number of nitrogens with zero attached hydrogens (tertiary/aromatic N) is 2. The van der Waals surface area contributed by atoms with Crippen molar-refractivity contribution >= 4 is 29.3 Å². The second-order valence-electron chi connectivity index (χ2n) is 5.95. The van der Waals surface area contributed by atoms with Crippen molar-refractivity contribution in [2.45, 2.75) is 12.5 Å². The maximum Gasteiger partial charge on any atom is 0.414 e. The molecule has 2 amide bonds. The second kappa shape index (κ2) is 7.60. The molecule has 144 valence electrons. The predicted octanol–water partition coefficient (Wildman–Crippen LogP) is 1.94. The molecule has 2 aliphatic rings. The van der Waals surface area contributed by atoms with Crippen LogP contribution in [0.15, 0.2) is 24.4 Å². The van der Waals surface area contributed by atoms with Crippen molar-refractivity contribution in [1.29, 1.82) is 0 Å². The number of alkyl carbamates (subject to hydrolysis) is 1. The summed E-state index contributed by atoms with van der Waals surface area (Å²) in [4.78, 5) is 36.7. The van der Waals surface area contributed by atoms with E-state index in [2.05, 4.69) is 10.1 Å². The molecule has 1 unspecified atom stereocenters. The molecule has 2 aliphatic heterocycles. The van der Waals surface area contributed by atoms with Crippen molar-refractivity contribution in [3.05, 3.63) is 36.0 Å². The number of ether oxygens (including phenoxy) is 2. The average Bonchev–Trinajstić information content (AvgIpc) is 3.03. The summed E-state index contributed by atoms with van der Waals surface area (Å²) in [6.45, 7) is 0.151. The zero-order valence-corrected chi connectivity index (χ0v) is 14.4. The summed E-state index contributed by atoms with van der Waals surface area (Å²) in [6.07, 6.45) is 0.621. The van der Waals surface area contributed by atoms with E-state index in [4.69, 9.17) is 4.74 Å². The molecule has 0 saturated carbocycles. The van der Waals surface area contributed by atoms with Crippen molar-refractivity contribution < 1.29 is 32.6 Å². The average molecular weight is 381 g/mol. The monoisotopic (exact) mass is 381 g/mol. The summed E-state index contributed by atoms with van der Waals surface area (Å²) in [6, 6.07) is 2.61. The standard InChI is InChI=1S/C17H17F2N3O5/c1-26-16(24)20-8-11-9-22(17(25)27-11)13-3-2-12(14(18)15(13)19)21-6-4-10(23)5-7-21/h2-4,6,11H,5,7-9H2,1H3,(H,20,24). The number of carbonyl (C=O) groups excluding carboxylic acids is 3. The Bertz CT molecular complexity index is 814. The Hall–Kier alpha value is -3.17. The lowest BCUT2D eigenvalue weighted by Crippen LogP contribution is -2.34. The topological polar surface area (TPSA) is 88.2 Å². The number of ketones is 1. The first-order valence-corrected chi connectivity index (χ1v) is 8.16. The number of anilines is 2. The van der Waals surface area contributed by atoms with Crippen molar-refractivity contribution in [2.24, 2.45) is 0 Å². The Morgan fingerprint density at radius 1 is 1.30 bits per heavy atom. The van der Waals surface area contributed by atoms with Gasteiger partial charge in [-0.05, 0) is 18.2 Å². The van der Waals surface area contributed by atoms with Gasteiger partial charge in [0.05, 0.1) is 31.6 Å². The van der Waals surface area contributed by atoms with Crippen LogP contribution in [0.25, 0.3) is 0 Å². The van der Waals surface area contributed by atoms with E-state index < -0.39 is 29.9 Å². The fourth-order valence-electron chi connectivity index (χ4n) is 2.82. The maximum atomic E-state index is 14.6. The van der Waals surface area contributed by atoms with Gasteiger partial charge in [-0.1, -0.05) is 0 Å². The number of amides is 2. The van der Waals surface area contributed by atoms with Gasteiger partial charge in [-0.2, -0.15) is 0 Å². The van der Waals surface area contributed by atoms with Gasteiger partial charge >= 0.3 is 12.2 Å². The summed E-state index contributed by atoms with van der Waals surface area (Å²) in [7, 11) is 1.19. The van der Waals surface area contributed by atoms with Gasteiger partial charge in [0.1, 0.15) is 6.10 Å². The third-order valence-electron chi connectivity index (χ3n) is 4.21. The zero-order valence-electron chi connectivity index (χ0n) is 14.4. The lowest BCUT2D eigenvalue weighted by molar-refractivity contribution is -0.114. The number of hydrogen-bond donors (Lipinski definition) is 1. The van der Waals surface area contributed by atoms with Crippen LogP contribution in [0.3, 0.4) is 0 Å². The second-order valence-corrected chi connectivity index (χ2v) is 5.95. The lowest BCUT2D eigenvalue weighted by atomic mass is 10.1. The molecule has 0 aliphatic carbocycles. The maximum absolute atomic E-state index is 14.6. The number of benzene rings is 1. The SMILES string of the molecule is COC(=O)NCC1CN(c2ccc(N3C=CC(=O)CC3)c(F)c2F)C(=O)O1. The number of allylic oxidation sites excluding steroid dienone is 1. The van der Waals surface area contributed by atoms with Gasteiger partial charge in [0, 0.05) is 19.2 Å². The third-order valence-corrected chi connectivity index (χ3v) is 4.21. The van der Waals surface area contributed by atoms with Crippen molar-refractivity contribution in [3.8, 4) is 0 Å². The summed E-state index contributed by atoms with van der Waals surface area (Å²) >= 11 is 0. The first-order valence-electron chi connectivity index (χ1n) is 8.16. The lowest BCUT2D eigenvalue weighted by Gasteiger charge is -2.24. The number of rotatable bonds is 4. The summed E-state index contributed by atoms with van der Waals surface area (Å²) in [5.74, 6) is -2.41. The van der Waals surface area contributed by atoms with Gasteiger partial charge in [-0.25, -0.2) is 18.4 Å². The molecule has 1 atom stereocenters. The molecule has 1 saturated heterocycles. The van der Waals surface area contributed by atoms with E-state index in [0.29, 0.717) is 0 Å². The fraction of sp³-hybridized carbons (Fsp3) is 0.353. The van der Waals surface area contributed by atoms with Crippen molar-refractivity contribution in [3.63, 3.8) is 0 Å². The first-order chi connectivity index (χ1) is 12.9. The molecule has 3 rings (SSSR count). The van der Waals surface area contributed by atoms with E-state index in [1.165, 1.54) is 36.4 Å². The largest absolute Gasteiger partial charge is 0.453 e. The normalized spacial score (nSPS) is 19.3. The molecule has 8 nitrogen and oxygen atoms in total. The molecule has 27 heavy (non-hydrogen) atoms. The number of nitrogens with one attached hydrogen (secondary N) is 1. The van der Waals surface area contributed by atoms with Gasteiger partial charge in [0.25, 0.3) is 0 Å². The molecule has 1 fully saturated rings. The Balaban J connectivity index is 1.76. The highest BCUT2D eigenvalue weighted by atomic mass is 19.2. The molecule has 1 aromatic carbocycles. The number of methoxy groups -OCH3 is 1. The molecule has 0 aromatic heterocycles. The quantitative estimate of drug-likeness (QED) is 0.858. The zero-order chi connectivity index (χ0) is 19.6. The Morgan fingerprint density at radius 2 is 2.00 bits per heavy atom. The van der Waals surface area contributed by atoms with Gasteiger partial charge in [0.15, 0.2) is 17.4 Å². The highest BCUT2D eigenvalue weighted by molar-refractivity contribution is 5.92. The predicted molar refractivity (Wildman–Crippen MR) is 90.5 cm³/mol. The van der Waals surface area contributed by atoms with E-state index in [1.807, 2.05) is 0 Å². The van der Waals surface area contributed by atoms with Crippen LogP contribution in [0.5, 0.6) is 0 Å². The van der Waals surface area contributed by atoms with Crippen LogP contribution in [0, 0.1) is 11.6 Å². The van der Waals surface area contributed by atoms with Crippen LogP contribution >= 0.6 is 0 Å². The van der Waals surface area contributed by atoms with Crippen LogP contribution in [0.2, 0.25) is 0 Å². The number of hydrogen-bond acceptors (Lipinski definition) is 6. The summed E-state index contributed by atoms with van der Waals surface area (Å²) in [5.41, 5.74) is -0.296. The van der Waals surface area contributed by atoms with Crippen LogP contribution in [0.4, 0.5) is 29.7 Å². The van der Waals surface area contributed by atoms with E-state index >= 15 is 0 Å². The highest BCUT2D eigenvalue weighted by Gasteiger charge is 2.35. The Kier molecular flexibility index (Phi) is 5.24. The van der Waals surface area contributed by atoms with E-state index in [9.17, 15) is 23.2 Å². The van der Waals surface area contributed by atoms with Crippen molar-refractivity contribution in [2.75, 3.05) is 36.5 Å². The van der Waals surface area contributed by atoms with Gasteiger partial charge in [0.2, 0.25) is 0 Å². The van der Waals surface area contributed by atoms with E-state index in [1.54, 1.807) is 0 Å². The first kappa shape index (κ1) is 18.6. The van der Waals surface area contributed by atoms with Crippen molar-refractivity contribution in [1.82, 2.24) is 5.32 Å². The molecule has 1 N–H and O–H groups in total. The molecule has 0 bridgehead atoms. The smallest absolute Gasteiger partial charge is 0.414 e. The molecular formula is C17H17F2N3O5. The minimum absolute atomic E-state index is 0.0241. The number of cyclic esters (lactones) is 1. The Labute approximate surface area is 153 Å².